The van der Waals surface area contributed by atoms with Gasteiger partial charge in [0.25, 0.3) is 0 Å². The van der Waals surface area contributed by atoms with E-state index in [4.69, 9.17) is 4.99 Å². The summed E-state index contributed by atoms with van der Waals surface area (Å²) in [6.45, 7) is 4.59. The van der Waals surface area contributed by atoms with Crippen LogP contribution in [-0.2, 0) is 6.54 Å². The van der Waals surface area contributed by atoms with Gasteiger partial charge in [0.15, 0.2) is 0 Å². The lowest BCUT2D eigenvalue weighted by atomic mass is 9.94. The standard InChI is InChI=1S/C47H35N3/c1-48-44(32-45(37-19-9-4-10-20-37)49-33-34-15-5-2-6-16-34)40-30-38(35-17-7-3-8-18-35)29-39(31-40)36-25-27-41(28-26-36)50-46-23-13-11-21-42(46)43-22-12-14-24-47(43)50/h2-32H,1,33H2/b44-32-,49-45?. The van der Waals surface area contributed by atoms with Crippen LogP contribution in [0.3, 0.4) is 0 Å². The second-order valence-corrected chi connectivity index (χ2v) is 12.3. The highest BCUT2D eigenvalue weighted by molar-refractivity contribution is 6.12. The van der Waals surface area contributed by atoms with Crippen LogP contribution in [0.15, 0.2) is 198 Å². The number of aromatic nitrogens is 1. The van der Waals surface area contributed by atoms with Crippen LogP contribution in [0.4, 0.5) is 0 Å². The van der Waals surface area contributed by atoms with Gasteiger partial charge in [-0.2, -0.15) is 0 Å². The van der Waals surface area contributed by atoms with Crippen LogP contribution in [0.5, 0.6) is 0 Å². The topological polar surface area (TPSA) is 29.6 Å². The van der Waals surface area contributed by atoms with Crippen LogP contribution in [0.1, 0.15) is 16.7 Å². The quantitative estimate of drug-likeness (QED) is 0.140. The third-order valence-corrected chi connectivity index (χ3v) is 9.16. The summed E-state index contributed by atoms with van der Waals surface area (Å²) in [4.78, 5) is 9.65. The Morgan fingerprint density at radius 1 is 0.500 bits per heavy atom. The van der Waals surface area contributed by atoms with E-state index in [1.54, 1.807) is 0 Å². The minimum absolute atomic E-state index is 0.569. The molecule has 0 atom stereocenters. The Bertz CT molecular complexity index is 2440. The fourth-order valence-electron chi connectivity index (χ4n) is 6.68. The van der Waals surface area contributed by atoms with Crippen molar-refractivity contribution in [3.8, 4) is 27.9 Å². The molecule has 0 aliphatic carbocycles. The number of nitrogens with zero attached hydrogens (tertiary/aromatic N) is 3. The molecule has 0 spiro atoms. The van der Waals surface area contributed by atoms with Crippen molar-refractivity contribution in [1.29, 1.82) is 0 Å². The maximum Gasteiger partial charge on any atom is 0.0716 e. The number of aliphatic imine (C=N–C) groups is 2. The van der Waals surface area contributed by atoms with Crippen molar-refractivity contribution < 1.29 is 0 Å². The van der Waals surface area contributed by atoms with Gasteiger partial charge in [-0.25, -0.2) is 0 Å². The summed E-state index contributed by atoms with van der Waals surface area (Å²) < 4.78 is 2.35. The van der Waals surface area contributed by atoms with E-state index in [0.29, 0.717) is 6.54 Å². The molecular weight excluding hydrogens is 607 g/mol. The first-order valence-corrected chi connectivity index (χ1v) is 16.9. The molecule has 7 aromatic carbocycles. The lowest BCUT2D eigenvalue weighted by Crippen LogP contribution is -2.00. The normalized spacial score (nSPS) is 12.0. The smallest absolute Gasteiger partial charge is 0.0716 e. The molecule has 0 fully saturated rings. The first-order chi connectivity index (χ1) is 24.7. The van der Waals surface area contributed by atoms with Crippen LogP contribution in [0, 0.1) is 0 Å². The summed E-state index contributed by atoms with van der Waals surface area (Å²) in [5, 5.41) is 2.51. The summed E-state index contributed by atoms with van der Waals surface area (Å²) in [6, 6.07) is 63.9. The highest BCUT2D eigenvalue weighted by Gasteiger charge is 2.13. The van der Waals surface area contributed by atoms with E-state index in [9.17, 15) is 0 Å². The predicted molar refractivity (Wildman–Crippen MR) is 212 cm³/mol. The Kier molecular flexibility index (Phi) is 8.53. The number of hydrogen-bond donors (Lipinski definition) is 0. The predicted octanol–water partition coefficient (Wildman–Crippen LogP) is 11.8. The monoisotopic (exact) mass is 641 g/mol. The fraction of sp³-hybridized carbons (Fsp3) is 0.0213. The summed E-state index contributed by atoms with van der Waals surface area (Å²) >= 11 is 0. The Hall–Kier alpha value is -6.58. The zero-order valence-corrected chi connectivity index (χ0v) is 27.7. The van der Waals surface area contributed by atoms with Crippen LogP contribution >= 0.6 is 0 Å². The molecule has 0 bridgehead atoms. The molecule has 3 heteroatoms. The molecule has 0 amide bonds. The molecule has 3 nitrogen and oxygen atoms in total. The summed E-state index contributed by atoms with van der Waals surface area (Å²) in [7, 11) is 0. The van der Waals surface area contributed by atoms with Gasteiger partial charge >= 0.3 is 0 Å². The largest absolute Gasteiger partial charge is 0.309 e. The van der Waals surface area contributed by atoms with E-state index in [1.165, 1.54) is 21.8 Å². The van der Waals surface area contributed by atoms with E-state index in [1.807, 2.05) is 42.5 Å². The number of hydrogen-bond acceptors (Lipinski definition) is 2. The molecule has 0 aliphatic heterocycles. The van der Waals surface area contributed by atoms with Crippen LogP contribution in [-0.4, -0.2) is 17.0 Å². The first kappa shape index (κ1) is 30.7. The van der Waals surface area contributed by atoms with Crippen molar-refractivity contribution in [1.82, 2.24) is 4.57 Å². The Morgan fingerprint density at radius 3 is 1.62 bits per heavy atom. The summed E-state index contributed by atoms with van der Waals surface area (Å²) in [6.07, 6.45) is 2.06. The van der Waals surface area contributed by atoms with Crippen LogP contribution < -0.4 is 0 Å². The van der Waals surface area contributed by atoms with E-state index in [-0.39, 0.29) is 0 Å². The molecule has 0 aliphatic rings. The number of benzene rings is 7. The number of rotatable bonds is 9. The van der Waals surface area contributed by atoms with Gasteiger partial charge in [-0.15, -0.1) is 0 Å². The molecule has 1 aromatic heterocycles. The van der Waals surface area contributed by atoms with E-state index < -0.39 is 0 Å². The van der Waals surface area contributed by atoms with Gasteiger partial charge < -0.3 is 4.57 Å². The zero-order valence-electron chi connectivity index (χ0n) is 27.7. The van der Waals surface area contributed by atoms with Crippen molar-refractivity contribution in [2.45, 2.75) is 6.54 Å². The third-order valence-electron chi connectivity index (χ3n) is 9.16. The summed E-state index contributed by atoms with van der Waals surface area (Å²) in [5.74, 6) is 0. The maximum absolute atomic E-state index is 5.07. The van der Waals surface area contributed by atoms with Crippen molar-refractivity contribution >= 4 is 39.9 Å². The van der Waals surface area contributed by atoms with Gasteiger partial charge in [0.05, 0.1) is 29.0 Å². The molecule has 238 valence electrons. The highest BCUT2D eigenvalue weighted by Crippen LogP contribution is 2.35. The molecule has 0 unspecified atom stereocenters. The molecule has 50 heavy (non-hydrogen) atoms. The Labute approximate surface area is 292 Å². The van der Waals surface area contributed by atoms with E-state index >= 15 is 0 Å². The van der Waals surface area contributed by atoms with Crippen molar-refractivity contribution in [3.05, 3.63) is 205 Å². The van der Waals surface area contributed by atoms with Crippen molar-refractivity contribution in [2.24, 2.45) is 9.98 Å². The number of para-hydroxylation sites is 2. The Morgan fingerprint density at radius 2 is 1.02 bits per heavy atom. The maximum atomic E-state index is 5.07. The second kappa shape index (κ2) is 13.9. The third kappa shape index (κ3) is 6.21. The molecule has 0 radical (unpaired) electrons. The minimum Gasteiger partial charge on any atom is -0.309 e. The minimum atomic E-state index is 0.569. The van der Waals surface area contributed by atoms with Gasteiger partial charge in [-0.3, -0.25) is 9.98 Å². The molecule has 8 rings (SSSR count). The lowest BCUT2D eigenvalue weighted by Gasteiger charge is -2.13. The Balaban J connectivity index is 1.23. The highest BCUT2D eigenvalue weighted by atomic mass is 15.0. The molecule has 1 heterocycles. The van der Waals surface area contributed by atoms with Gasteiger partial charge in [-0.1, -0.05) is 140 Å². The lowest BCUT2D eigenvalue weighted by molar-refractivity contribution is 1.07. The van der Waals surface area contributed by atoms with Crippen LogP contribution in [0.2, 0.25) is 0 Å². The molecule has 0 saturated carbocycles. The van der Waals surface area contributed by atoms with Gasteiger partial charge in [-0.05, 0) is 88.6 Å². The molecule has 0 N–H and O–H groups in total. The zero-order chi connectivity index (χ0) is 33.7. The van der Waals surface area contributed by atoms with Crippen molar-refractivity contribution in [3.63, 3.8) is 0 Å². The average Bonchev–Trinajstić information content (AvgIpc) is 3.53. The van der Waals surface area contributed by atoms with Gasteiger partial charge in [0, 0.05) is 22.0 Å². The van der Waals surface area contributed by atoms with Gasteiger partial charge in [0.1, 0.15) is 0 Å². The average molecular weight is 642 g/mol. The number of fused-ring (bicyclic) bond motifs is 3. The molecule has 8 aromatic rings. The first-order valence-electron chi connectivity index (χ1n) is 16.9. The van der Waals surface area contributed by atoms with E-state index in [0.717, 1.165) is 56.0 Å². The van der Waals surface area contributed by atoms with Gasteiger partial charge in [0.2, 0.25) is 0 Å². The SMILES string of the molecule is C=N/C(=C\C(=NCc1ccccc1)c1ccccc1)c1cc(-c2ccccc2)cc(-c2ccc(-n3c4ccccc4c4ccccc43)cc2)c1. The summed E-state index contributed by atoms with van der Waals surface area (Å²) in [5.41, 5.74) is 12.8. The van der Waals surface area contributed by atoms with E-state index in [2.05, 4.69) is 162 Å². The number of allylic oxidation sites excluding steroid dienone is 1. The fourth-order valence-corrected chi connectivity index (χ4v) is 6.68. The second-order valence-electron chi connectivity index (χ2n) is 12.3. The van der Waals surface area contributed by atoms with Crippen LogP contribution in [0.25, 0.3) is 55.4 Å². The molecule has 0 saturated heterocycles. The van der Waals surface area contributed by atoms with Crippen molar-refractivity contribution in [2.75, 3.05) is 0 Å². The molecular formula is C47H35N3.